The first-order valence-electron chi connectivity index (χ1n) is 13.0. The predicted molar refractivity (Wildman–Crippen MR) is 160 cm³/mol. The van der Waals surface area contributed by atoms with Crippen molar-refractivity contribution in [3.8, 4) is 5.69 Å². The summed E-state index contributed by atoms with van der Waals surface area (Å²) in [5.74, 6) is -0.709. The van der Waals surface area contributed by atoms with Gasteiger partial charge in [-0.2, -0.15) is 4.98 Å². The zero-order valence-electron chi connectivity index (χ0n) is 22.8. The van der Waals surface area contributed by atoms with E-state index >= 15 is 4.39 Å². The van der Waals surface area contributed by atoms with E-state index in [4.69, 9.17) is 11.6 Å². The third kappa shape index (κ3) is 5.31. The predicted octanol–water partition coefficient (Wildman–Crippen LogP) is 6.33. The maximum Gasteiger partial charge on any atom is 0.354 e. The summed E-state index contributed by atoms with van der Waals surface area (Å²) in [7, 11) is 0. The molecule has 1 amide bonds. The Labute approximate surface area is 237 Å². The Hall–Kier alpha value is -4.17. The number of benzene rings is 2. The first-order chi connectivity index (χ1) is 19.1. The average molecular weight is 563 g/mol. The number of halogens is 2. The summed E-state index contributed by atoms with van der Waals surface area (Å²) in [5, 5.41) is 11.3. The van der Waals surface area contributed by atoms with Crippen LogP contribution in [0.15, 0.2) is 84.2 Å². The molecular weight excluding hydrogens is 531 g/mol. The van der Waals surface area contributed by atoms with Crippen LogP contribution in [-0.4, -0.2) is 51.6 Å². The highest BCUT2D eigenvalue weighted by atomic mass is 35.5. The largest absolute Gasteiger partial charge is 0.507 e. The molecule has 0 bridgehead atoms. The van der Waals surface area contributed by atoms with Gasteiger partial charge in [-0.05, 0) is 48.8 Å². The van der Waals surface area contributed by atoms with Crippen LogP contribution < -0.4 is 10.6 Å². The van der Waals surface area contributed by atoms with E-state index < -0.39 is 11.5 Å². The lowest BCUT2D eigenvalue weighted by atomic mass is 9.99. The Bertz CT molecular complexity index is 1610. The van der Waals surface area contributed by atoms with Gasteiger partial charge >= 0.3 is 5.69 Å². The summed E-state index contributed by atoms with van der Waals surface area (Å²) < 4.78 is 16.6. The molecule has 0 unspecified atom stereocenters. The van der Waals surface area contributed by atoms with Crippen molar-refractivity contribution in [2.75, 3.05) is 31.1 Å². The maximum atomic E-state index is 15.1. The summed E-state index contributed by atoms with van der Waals surface area (Å²) in [6.45, 7) is 14.5. The summed E-state index contributed by atoms with van der Waals surface area (Å²) in [4.78, 5) is 34.0. The molecule has 0 atom stereocenters. The van der Waals surface area contributed by atoms with Gasteiger partial charge in [-0.3, -0.25) is 9.36 Å². The van der Waals surface area contributed by atoms with E-state index in [1.54, 1.807) is 17.0 Å². The Morgan fingerprint density at radius 3 is 2.40 bits per heavy atom. The van der Waals surface area contributed by atoms with Crippen LogP contribution in [0.5, 0.6) is 0 Å². The third-order valence-electron chi connectivity index (χ3n) is 7.04. The minimum atomic E-state index is -0.688. The number of anilines is 1. The fourth-order valence-electron chi connectivity index (χ4n) is 4.98. The van der Waals surface area contributed by atoms with Crippen molar-refractivity contribution in [1.82, 2.24) is 14.5 Å². The van der Waals surface area contributed by atoms with Gasteiger partial charge in [0.1, 0.15) is 17.4 Å². The number of nitrogens with zero attached hydrogens (tertiary/aromatic N) is 4. The van der Waals surface area contributed by atoms with E-state index in [2.05, 4.69) is 18.1 Å². The first kappa shape index (κ1) is 28.8. The Kier molecular flexibility index (Phi) is 8.59. The van der Waals surface area contributed by atoms with Crippen LogP contribution in [0.3, 0.4) is 0 Å². The minimum absolute atomic E-state index is 0.0980. The highest BCUT2D eigenvalue weighted by molar-refractivity contribution is 6.33. The van der Waals surface area contributed by atoms with Crippen LogP contribution >= 0.6 is 11.6 Å². The Morgan fingerprint density at radius 1 is 1.12 bits per heavy atom. The number of aromatic nitrogens is 2. The maximum absolute atomic E-state index is 15.1. The Balaban J connectivity index is 2.05. The zero-order valence-corrected chi connectivity index (χ0v) is 23.6. The molecule has 40 heavy (non-hydrogen) atoms. The van der Waals surface area contributed by atoms with Crippen molar-refractivity contribution in [1.29, 1.82) is 0 Å². The van der Waals surface area contributed by atoms with Gasteiger partial charge in [-0.15, -0.1) is 0 Å². The standard InChI is InChI=1S/C31H32ClFN4O3/c1-6-24(33)29(27(38)7-2)21-18-26-22(17-23(21)32)30(36-15-13-35(14-16-36)28(39)8-3)34-31(40)37(26)25-12-10-9-11-20(25)19(4)5/h6-12,17-19,38H,2-3,13-16H2,1,4-5H3/b24-6+,29-27+. The number of fused-ring (bicyclic) bond motifs is 1. The molecule has 2 aromatic carbocycles. The van der Waals surface area contributed by atoms with Crippen LogP contribution in [0.25, 0.3) is 22.2 Å². The highest BCUT2D eigenvalue weighted by Crippen LogP contribution is 2.38. The molecule has 1 aliphatic heterocycles. The fraction of sp³-hybridized carbons (Fsp3) is 0.258. The lowest BCUT2D eigenvalue weighted by molar-refractivity contribution is -0.126. The van der Waals surface area contributed by atoms with E-state index in [-0.39, 0.29) is 33.7 Å². The van der Waals surface area contributed by atoms with Gasteiger partial charge < -0.3 is 14.9 Å². The van der Waals surface area contributed by atoms with Crippen molar-refractivity contribution >= 4 is 39.8 Å². The second kappa shape index (κ2) is 11.9. The second-order valence-electron chi connectivity index (χ2n) is 9.73. The van der Waals surface area contributed by atoms with Gasteiger partial charge in [-0.25, -0.2) is 9.18 Å². The van der Waals surface area contributed by atoms with Crippen LogP contribution in [0, 0.1) is 0 Å². The monoisotopic (exact) mass is 562 g/mol. The molecule has 1 N–H and O–H groups in total. The average Bonchev–Trinajstić information content (AvgIpc) is 2.96. The van der Waals surface area contributed by atoms with Crippen molar-refractivity contribution < 1.29 is 14.3 Å². The first-order valence-corrected chi connectivity index (χ1v) is 13.4. The minimum Gasteiger partial charge on any atom is -0.507 e. The van der Waals surface area contributed by atoms with Crippen molar-refractivity contribution in [3.63, 3.8) is 0 Å². The number of aliphatic hydroxyl groups is 1. The van der Waals surface area contributed by atoms with Crippen LogP contribution in [0.1, 0.15) is 37.8 Å². The molecule has 1 aliphatic rings. The number of carbonyl (C=O) groups is 1. The van der Waals surface area contributed by atoms with Crippen LogP contribution in [0.4, 0.5) is 10.2 Å². The SMILES string of the molecule is C=CC(=O)N1CCN(c2nc(=O)n(-c3ccccc3C(C)C)c3cc(C(/C(F)=C\C)=C(\O)C=C)c(Cl)cc23)CC1. The molecule has 0 spiro atoms. The Morgan fingerprint density at radius 2 is 1.80 bits per heavy atom. The summed E-state index contributed by atoms with van der Waals surface area (Å²) in [5.41, 5.74) is 1.58. The van der Waals surface area contributed by atoms with Gasteiger partial charge in [0, 0.05) is 42.2 Å². The summed E-state index contributed by atoms with van der Waals surface area (Å²) in [6.07, 6.45) is 3.65. The molecule has 1 aromatic heterocycles. The topological polar surface area (TPSA) is 78.7 Å². The molecular formula is C31H32ClFN4O3. The van der Waals surface area contributed by atoms with E-state index in [0.29, 0.717) is 48.6 Å². The van der Waals surface area contributed by atoms with Gasteiger partial charge in [0.15, 0.2) is 0 Å². The number of piperazine rings is 1. The lowest BCUT2D eigenvalue weighted by Gasteiger charge is -2.35. The number of carbonyl (C=O) groups excluding carboxylic acids is 1. The molecule has 0 saturated carbocycles. The molecule has 4 rings (SSSR count). The highest BCUT2D eigenvalue weighted by Gasteiger charge is 2.26. The number of hydrogen-bond donors (Lipinski definition) is 1. The molecule has 1 fully saturated rings. The number of aliphatic hydroxyl groups excluding tert-OH is 1. The summed E-state index contributed by atoms with van der Waals surface area (Å²) >= 11 is 6.74. The van der Waals surface area contributed by atoms with Crippen LogP contribution in [-0.2, 0) is 4.79 Å². The lowest BCUT2D eigenvalue weighted by Crippen LogP contribution is -2.49. The molecule has 7 nitrogen and oxygen atoms in total. The zero-order chi connectivity index (χ0) is 29.1. The molecule has 0 radical (unpaired) electrons. The van der Waals surface area contributed by atoms with E-state index in [0.717, 1.165) is 11.6 Å². The number of allylic oxidation sites excluding steroid dienone is 4. The molecule has 0 aliphatic carbocycles. The van der Waals surface area contributed by atoms with Gasteiger partial charge in [0.2, 0.25) is 5.91 Å². The molecule has 1 saturated heterocycles. The van der Waals surface area contributed by atoms with Crippen molar-refractivity contribution in [2.45, 2.75) is 26.7 Å². The van der Waals surface area contributed by atoms with E-state index in [1.807, 2.05) is 43.0 Å². The van der Waals surface area contributed by atoms with Crippen molar-refractivity contribution in [3.05, 3.63) is 106 Å². The normalized spacial score (nSPS) is 14.9. The van der Waals surface area contributed by atoms with Gasteiger partial charge in [0.25, 0.3) is 0 Å². The van der Waals surface area contributed by atoms with Gasteiger partial charge in [0.05, 0.1) is 16.8 Å². The molecule has 9 heteroatoms. The smallest absolute Gasteiger partial charge is 0.354 e. The van der Waals surface area contributed by atoms with E-state index in [9.17, 15) is 14.7 Å². The quantitative estimate of drug-likeness (QED) is 0.207. The van der Waals surface area contributed by atoms with E-state index in [1.165, 1.54) is 23.6 Å². The summed E-state index contributed by atoms with van der Waals surface area (Å²) in [6, 6.07) is 10.8. The number of para-hydroxylation sites is 1. The van der Waals surface area contributed by atoms with Crippen molar-refractivity contribution in [2.24, 2.45) is 0 Å². The number of hydrogen-bond acceptors (Lipinski definition) is 5. The number of rotatable bonds is 7. The number of amides is 1. The van der Waals surface area contributed by atoms with Crippen LogP contribution in [0.2, 0.25) is 5.02 Å². The second-order valence-corrected chi connectivity index (χ2v) is 10.1. The molecule has 3 aromatic rings. The van der Waals surface area contributed by atoms with Gasteiger partial charge in [-0.1, -0.05) is 62.9 Å². The molecule has 2 heterocycles. The third-order valence-corrected chi connectivity index (χ3v) is 7.35. The fourth-order valence-corrected chi connectivity index (χ4v) is 5.24. The molecule has 208 valence electrons.